The SMILES string of the molecule is N#Cc1ccc(Cl)cc1C(O)C(O)CCBr. The molecule has 0 aliphatic heterocycles. The molecule has 0 spiro atoms. The molecule has 16 heavy (non-hydrogen) atoms. The van der Waals surface area contributed by atoms with Gasteiger partial charge in [-0.1, -0.05) is 27.5 Å². The van der Waals surface area contributed by atoms with Crippen LogP contribution in [0.15, 0.2) is 18.2 Å². The lowest BCUT2D eigenvalue weighted by molar-refractivity contribution is 0.0172. The first-order chi connectivity index (χ1) is 7.60. The molecule has 2 unspecified atom stereocenters. The van der Waals surface area contributed by atoms with Crippen molar-refractivity contribution in [3.8, 4) is 6.07 Å². The highest BCUT2D eigenvalue weighted by molar-refractivity contribution is 9.09. The van der Waals surface area contributed by atoms with Gasteiger partial charge in [0.25, 0.3) is 0 Å². The van der Waals surface area contributed by atoms with Crippen LogP contribution in [0.25, 0.3) is 0 Å². The van der Waals surface area contributed by atoms with Crippen molar-refractivity contribution in [1.82, 2.24) is 0 Å². The zero-order valence-electron chi connectivity index (χ0n) is 8.40. The molecule has 2 atom stereocenters. The van der Waals surface area contributed by atoms with Gasteiger partial charge in [-0.25, -0.2) is 0 Å². The third-order valence-corrected chi connectivity index (χ3v) is 2.91. The van der Waals surface area contributed by atoms with Crippen molar-refractivity contribution in [2.45, 2.75) is 18.6 Å². The van der Waals surface area contributed by atoms with Crippen molar-refractivity contribution >= 4 is 27.5 Å². The normalized spacial score (nSPS) is 14.2. The molecule has 2 N–H and O–H groups in total. The molecular weight excluding hydrogens is 293 g/mol. The molecule has 0 bridgehead atoms. The van der Waals surface area contributed by atoms with Crippen molar-refractivity contribution in [2.75, 3.05) is 5.33 Å². The number of hydrogen-bond acceptors (Lipinski definition) is 3. The number of benzene rings is 1. The van der Waals surface area contributed by atoms with Gasteiger partial charge in [0, 0.05) is 15.9 Å². The van der Waals surface area contributed by atoms with Gasteiger partial charge >= 0.3 is 0 Å². The Kier molecular flexibility index (Phi) is 5.23. The summed E-state index contributed by atoms with van der Waals surface area (Å²) in [5, 5.41) is 29.4. The first-order valence-corrected chi connectivity index (χ1v) is 6.21. The molecule has 1 aromatic rings. The molecule has 5 heteroatoms. The molecule has 0 aromatic heterocycles. The molecule has 0 heterocycles. The Morgan fingerprint density at radius 2 is 2.12 bits per heavy atom. The highest BCUT2D eigenvalue weighted by Gasteiger charge is 2.20. The lowest BCUT2D eigenvalue weighted by atomic mass is 9.98. The Hall–Kier alpha value is -0.600. The minimum Gasteiger partial charge on any atom is -0.390 e. The summed E-state index contributed by atoms with van der Waals surface area (Å²) in [6, 6.07) is 6.57. The fourth-order valence-electron chi connectivity index (χ4n) is 1.36. The quantitative estimate of drug-likeness (QED) is 0.840. The zero-order chi connectivity index (χ0) is 12.1. The number of halogens is 2. The van der Waals surface area contributed by atoms with Gasteiger partial charge in [0.15, 0.2) is 0 Å². The lowest BCUT2D eigenvalue weighted by Gasteiger charge is -2.18. The van der Waals surface area contributed by atoms with Crippen LogP contribution in [-0.4, -0.2) is 21.6 Å². The van der Waals surface area contributed by atoms with Crippen LogP contribution < -0.4 is 0 Å². The number of nitrogens with zero attached hydrogens (tertiary/aromatic N) is 1. The summed E-state index contributed by atoms with van der Waals surface area (Å²) in [5.74, 6) is 0. The monoisotopic (exact) mass is 303 g/mol. The van der Waals surface area contributed by atoms with Gasteiger partial charge < -0.3 is 10.2 Å². The second-order valence-electron chi connectivity index (χ2n) is 3.33. The van der Waals surface area contributed by atoms with E-state index in [1.807, 2.05) is 6.07 Å². The van der Waals surface area contributed by atoms with E-state index in [0.29, 0.717) is 27.9 Å². The topological polar surface area (TPSA) is 64.2 Å². The average molecular weight is 305 g/mol. The summed E-state index contributed by atoms with van der Waals surface area (Å²) < 4.78 is 0. The Morgan fingerprint density at radius 3 is 2.69 bits per heavy atom. The van der Waals surface area contributed by atoms with Crippen LogP contribution in [0, 0.1) is 11.3 Å². The number of alkyl halides is 1. The summed E-state index contributed by atoms with van der Waals surface area (Å²) in [5.41, 5.74) is 0.689. The minimum atomic E-state index is -1.09. The average Bonchev–Trinajstić information content (AvgIpc) is 2.28. The number of aliphatic hydroxyl groups is 2. The predicted octanol–water partition coefficient (Wildman–Crippen LogP) is 2.39. The fraction of sp³-hybridized carbons (Fsp3) is 0.364. The molecule has 3 nitrogen and oxygen atoms in total. The summed E-state index contributed by atoms with van der Waals surface area (Å²) >= 11 is 8.97. The number of rotatable bonds is 4. The summed E-state index contributed by atoms with van der Waals surface area (Å²) in [4.78, 5) is 0. The maximum absolute atomic E-state index is 9.88. The largest absolute Gasteiger partial charge is 0.390 e. The van der Waals surface area contributed by atoms with Crippen molar-refractivity contribution < 1.29 is 10.2 Å². The van der Waals surface area contributed by atoms with E-state index in [2.05, 4.69) is 15.9 Å². The molecule has 0 saturated heterocycles. The van der Waals surface area contributed by atoms with Gasteiger partial charge in [-0.3, -0.25) is 0 Å². The van der Waals surface area contributed by atoms with Crippen molar-refractivity contribution in [3.05, 3.63) is 34.3 Å². The predicted molar refractivity (Wildman–Crippen MR) is 65.5 cm³/mol. The van der Waals surface area contributed by atoms with E-state index >= 15 is 0 Å². The highest BCUT2D eigenvalue weighted by atomic mass is 79.9. The van der Waals surface area contributed by atoms with Crippen molar-refractivity contribution in [1.29, 1.82) is 5.26 Å². The van der Waals surface area contributed by atoms with Crippen molar-refractivity contribution in [2.24, 2.45) is 0 Å². The molecule has 1 aromatic carbocycles. The highest BCUT2D eigenvalue weighted by Crippen LogP contribution is 2.25. The van der Waals surface area contributed by atoms with Gasteiger partial charge in [0.05, 0.1) is 17.7 Å². The van der Waals surface area contributed by atoms with Crippen LogP contribution in [-0.2, 0) is 0 Å². The van der Waals surface area contributed by atoms with Crippen LogP contribution in [0.5, 0.6) is 0 Å². The first kappa shape index (κ1) is 13.5. The summed E-state index contributed by atoms with van der Waals surface area (Å²) in [6.45, 7) is 0. The Balaban J connectivity index is 3.02. The van der Waals surface area contributed by atoms with E-state index in [-0.39, 0.29) is 0 Å². The molecule has 0 aliphatic rings. The van der Waals surface area contributed by atoms with Crippen LogP contribution in [0.4, 0.5) is 0 Å². The molecule has 0 amide bonds. The standard InChI is InChI=1S/C11H11BrClNO2/c12-4-3-10(15)11(16)9-5-8(13)2-1-7(9)6-14/h1-2,5,10-11,15-16H,3-4H2. The first-order valence-electron chi connectivity index (χ1n) is 4.71. The van der Waals surface area contributed by atoms with E-state index in [4.69, 9.17) is 16.9 Å². The second kappa shape index (κ2) is 6.21. The third-order valence-electron chi connectivity index (χ3n) is 2.22. The maximum Gasteiger partial charge on any atom is 0.106 e. The van der Waals surface area contributed by atoms with Gasteiger partial charge in [-0.15, -0.1) is 0 Å². The molecule has 0 saturated carbocycles. The summed E-state index contributed by atoms with van der Waals surface area (Å²) in [7, 11) is 0. The molecule has 0 fully saturated rings. The van der Waals surface area contributed by atoms with Gasteiger partial charge in [-0.2, -0.15) is 5.26 Å². The van der Waals surface area contributed by atoms with E-state index < -0.39 is 12.2 Å². The molecule has 86 valence electrons. The Labute approximate surface area is 107 Å². The Bertz CT molecular complexity index is 405. The Morgan fingerprint density at radius 1 is 1.44 bits per heavy atom. The van der Waals surface area contributed by atoms with Crippen LogP contribution in [0.3, 0.4) is 0 Å². The third kappa shape index (κ3) is 3.19. The van der Waals surface area contributed by atoms with Gasteiger partial charge in [0.2, 0.25) is 0 Å². The lowest BCUT2D eigenvalue weighted by Crippen LogP contribution is -2.19. The van der Waals surface area contributed by atoms with Gasteiger partial charge in [0.1, 0.15) is 6.10 Å². The molecular formula is C11H11BrClNO2. The second-order valence-corrected chi connectivity index (χ2v) is 4.56. The molecule has 0 radical (unpaired) electrons. The fourth-order valence-corrected chi connectivity index (χ4v) is 2.01. The zero-order valence-corrected chi connectivity index (χ0v) is 10.7. The van der Waals surface area contributed by atoms with Crippen LogP contribution in [0.2, 0.25) is 5.02 Å². The summed E-state index contributed by atoms with van der Waals surface area (Å²) in [6.07, 6.45) is -1.60. The smallest absolute Gasteiger partial charge is 0.106 e. The molecule has 1 rings (SSSR count). The van der Waals surface area contributed by atoms with Crippen molar-refractivity contribution in [3.63, 3.8) is 0 Å². The number of nitriles is 1. The van der Waals surface area contributed by atoms with Gasteiger partial charge in [-0.05, 0) is 24.6 Å². The van der Waals surface area contributed by atoms with E-state index in [1.54, 1.807) is 6.07 Å². The number of hydrogen-bond donors (Lipinski definition) is 2. The minimum absolute atomic E-state index is 0.325. The van der Waals surface area contributed by atoms with Crippen LogP contribution >= 0.6 is 27.5 Å². The van der Waals surface area contributed by atoms with Crippen LogP contribution in [0.1, 0.15) is 23.7 Å². The van der Waals surface area contributed by atoms with E-state index in [9.17, 15) is 10.2 Å². The number of aliphatic hydroxyl groups excluding tert-OH is 2. The molecule has 0 aliphatic carbocycles. The van der Waals surface area contributed by atoms with E-state index in [1.165, 1.54) is 12.1 Å². The van der Waals surface area contributed by atoms with E-state index in [0.717, 1.165) is 0 Å². The maximum atomic E-state index is 9.88.